The third-order valence-corrected chi connectivity index (χ3v) is 2.90. The highest BCUT2D eigenvalue weighted by atomic mass is 16.2. The molecule has 1 aromatic heterocycles. The number of nitrogens with one attached hydrogen (secondary N) is 1. The molecule has 1 aromatic carbocycles. The lowest BCUT2D eigenvalue weighted by atomic mass is 10.1. The van der Waals surface area contributed by atoms with Crippen molar-refractivity contribution in [2.75, 3.05) is 11.9 Å². The lowest BCUT2D eigenvalue weighted by Crippen LogP contribution is -2.14. The summed E-state index contributed by atoms with van der Waals surface area (Å²) in [5, 5.41) is 11.5. The van der Waals surface area contributed by atoms with E-state index in [0.717, 1.165) is 11.3 Å². The first-order valence-electron chi connectivity index (χ1n) is 6.55. The fraction of sp³-hybridized carbons (Fsp3) is 0.176. The molecule has 106 valence electrons. The number of carbonyl (C=O) groups is 1. The summed E-state index contributed by atoms with van der Waals surface area (Å²) in [6.45, 7) is 3.51. The van der Waals surface area contributed by atoms with Gasteiger partial charge in [0.25, 0.3) is 5.91 Å². The van der Waals surface area contributed by atoms with E-state index in [1.165, 1.54) is 0 Å². The average molecular weight is 280 g/mol. The summed E-state index contributed by atoms with van der Waals surface area (Å²) >= 11 is 0. The minimum Gasteiger partial charge on any atom is -0.384 e. The lowest BCUT2D eigenvalue weighted by molar-refractivity contribution is 0.102. The number of pyridine rings is 1. The van der Waals surface area contributed by atoms with Crippen LogP contribution in [0.15, 0.2) is 36.4 Å². The summed E-state index contributed by atoms with van der Waals surface area (Å²) in [6.07, 6.45) is 0. The van der Waals surface area contributed by atoms with Gasteiger partial charge in [0.15, 0.2) is 0 Å². The van der Waals surface area contributed by atoms with Crippen molar-refractivity contribution in [2.24, 2.45) is 0 Å². The average Bonchev–Trinajstić information content (AvgIpc) is 2.45. The third-order valence-electron chi connectivity index (χ3n) is 2.90. The molecular formula is C17H16N2O2. The first-order chi connectivity index (χ1) is 10.1. The van der Waals surface area contributed by atoms with E-state index in [2.05, 4.69) is 22.1 Å². The zero-order valence-corrected chi connectivity index (χ0v) is 12.0. The summed E-state index contributed by atoms with van der Waals surface area (Å²) in [5.74, 6) is 5.18. The van der Waals surface area contributed by atoms with Crippen LogP contribution in [0.2, 0.25) is 0 Å². The first-order valence-corrected chi connectivity index (χ1v) is 6.55. The Balaban J connectivity index is 2.19. The topological polar surface area (TPSA) is 62.2 Å². The quantitative estimate of drug-likeness (QED) is 0.830. The maximum atomic E-state index is 12.2. The molecule has 1 amide bonds. The summed E-state index contributed by atoms with van der Waals surface area (Å²) < 4.78 is 0. The van der Waals surface area contributed by atoms with E-state index in [4.69, 9.17) is 5.11 Å². The van der Waals surface area contributed by atoms with Gasteiger partial charge in [-0.25, -0.2) is 0 Å². The van der Waals surface area contributed by atoms with Crippen LogP contribution in [0.25, 0.3) is 0 Å². The second-order valence-corrected chi connectivity index (χ2v) is 4.58. The van der Waals surface area contributed by atoms with Gasteiger partial charge in [-0.05, 0) is 44.2 Å². The van der Waals surface area contributed by atoms with E-state index in [9.17, 15) is 4.79 Å². The molecule has 0 radical (unpaired) electrons. The SMILES string of the molecule is Cc1ccc(C(=O)Nc2cccc(C#CCO)c2)c(C)n1. The van der Waals surface area contributed by atoms with E-state index in [0.29, 0.717) is 16.9 Å². The van der Waals surface area contributed by atoms with Crippen molar-refractivity contribution in [2.45, 2.75) is 13.8 Å². The van der Waals surface area contributed by atoms with Gasteiger partial charge in [-0.15, -0.1) is 0 Å². The minimum absolute atomic E-state index is 0.190. The summed E-state index contributed by atoms with van der Waals surface area (Å²) in [5.41, 5.74) is 3.52. The number of hydrogen-bond donors (Lipinski definition) is 2. The van der Waals surface area contributed by atoms with E-state index in [1.54, 1.807) is 24.3 Å². The van der Waals surface area contributed by atoms with Gasteiger partial charge in [0.05, 0.1) is 11.3 Å². The molecular weight excluding hydrogens is 264 g/mol. The molecule has 2 N–H and O–H groups in total. The van der Waals surface area contributed by atoms with E-state index in [-0.39, 0.29) is 12.5 Å². The number of carbonyl (C=O) groups excluding carboxylic acids is 1. The smallest absolute Gasteiger partial charge is 0.257 e. The minimum atomic E-state index is -0.202. The summed E-state index contributed by atoms with van der Waals surface area (Å²) in [6, 6.07) is 10.7. The number of amides is 1. The number of anilines is 1. The number of aliphatic hydroxyl groups is 1. The molecule has 0 unspecified atom stereocenters. The number of rotatable bonds is 2. The number of nitrogens with zero attached hydrogens (tertiary/aromatic N) is 1. The van der Waals surface area contributed by atoms with Crippen LogP contribution in [-0.4, -0.2) is 22.6 Å². The van der Waals surface area contributed by atoms with Crippen LogP contribution < -0.4 is 5.32 Å². The monoisotopic (exact) mass is 280 g/mol. The largest absolute Gasteiger partial charge is 0.384 e. The van der Waals surface area contributed by atoms with Crippen LogP contribution in [-0.2, 0) is 0 Å². The second kappa shape index (κ2) is 6.69. The molecule has 2 aromatic rings. The Morgan fingerprint density at radius 2 is 2.10 bits per heavy atom. The number of benzene rings is 1. The van der Waals surface area contributed by atoms with Gasteiger partial charge in [-0.2, -0.15) is 0 Å². The number of aromatic nitrogens is 1. The van der Waals surface area contributed by atoms with E-state index in [1.807, 2.05) is 26.0 Å². The van der Waals surface area contributed by atoms with E-state index >= 15 is 0 Å². The summed E-state index contributed by atoms with van der Waals surface area (Å²) in [7, 11) is 0. The van der Waals surface area contributed by atoms with Crippen LogP contribution in [0, 0.1) is 25.7 Å². The predicted octanol–water partition coefficient (Wildman–Crippen LogP) is 2.29. The standard InChI is InChI=1S/C17H16N2O2/c1-12-8-9-16(13(2)18-12)17(21)19-15-7-3-5-14(11-15)6-4-10-20/h3,5,7-9,11,20H,10H2,1-2H3,(H,19,21). The Kier molecular flexibility index (Phi) is 4.70. The predicted molar refractivity (Wildman–Crippen MR) is 82.1 cm³/mol. The zero-order valence-electron chi connectivity index (χ0n) is 12.0. The van der Waals surface area contributed by atoms with Crippen molar-refractivity contribution >= 4 is 11.6 Å². The zero-order chi connectivity index (χ0) is 15.2. The number of aryl methyl sites for hydroxylation is 2. The lowest BCUT2D eigenvalue weighted by Gasteiger charge is -2.08. The molecule has 0 saturated heterocycles. The molecule has 21 heavy (non-hydrogen) atoms. The highest BCUT2D eigenvalue weighted by Crippen LogP contribution is 2.13. The molecule has 0 saturated carbocycles. The van der Waals surface area contributed by atoms with Gasteiger partial charge in [0.2, 0.25) is 0 Å². The molecule has 0 fully saturated rings. The van der Waals surface area contributed by atoms with Crippen molar-refractivity contribution in [1.29, 1.82) is 0 Å². The molecule has 4 nitrogen and oxygen atoms in total. The van der Waals surface area contributed by atoms with Crippen molar-refractivity contribution in [3.05, 3.63) is 58.9 Å². The summed E-state index contributed by atoms with van der Waals surface area (Å²) in [4.78, 5) is 16.5. The van der Waals surface area contributed by atoms with Crippen molar-refractivity contribution in [3.8, 4) is 11.8 Å². The van der Waals surface area contributed by atoms with Gasteiger partial charge in [0, 0.05) is 16.9 Å². The van der Waals surface area contributed by atoms with Gasteiger partial charge < -0.3 is 10.4 Å². The van der Waals surface area contributed by atoms with Gasteiger partial charge in [-0.1, -0.05) is 17.9 Å². The van der Waals surface area contributed by atoms with Crippen LogP contribution >= 0.6 is 0 Å². The molecule has 0 spiro atoms. The van der Waals surface area contributed by atoms with Crippen molar-refractivity contribution in [1.82, 2.24) is 4.98 Å². The molecule has 2 rings (SSSR count). The Bertz CT molecular complexity index is 727. The Hall–Kier alpha value is -2.64. The Labute approximate surface area is 123 Å². The molecule has 0 atom stereocenters. The maximum Gasteiger partial charge on any atom is 0.257 e. The van der Waals surface area contributed by atoms with Crippen molar-refractivity contribution in [3.63, 3.8) is 0 Å². The molecule has 4 heteroatoms. The first kappa shape index (κ1) is 14.8. The molecule has 1 heterocycles. The van der Waals surface area contributed by atoms with Gasteiger partial charge in [-0.3, -0.25) is 9.78 Å². The van der Waals surface area contributed by atoms with Gasteiger partial charge in [0.1, 0.15) is 6.61 Å². The third kappa shape index (κ3) is 3.91. The fourth-order valence-corrected chi connectivity index (χ4v) is 1.94. The normalized spacial score (nSPS) is 9.67. The molecule has 0 aliphatic rings. The van der Waals surface area contributed by atoms with Crippen molar-refractivity contribution < 1.29 is 9.90 Å². The second-order valence-electron chi connectivity index (χ2n) is 4.58. The van der Waals surface area contributed by atoms with Crippen LogP contribution in [0.1, 0.15) is 27.3 Å². The fourth-order valence-electron chi connectivity index (χ4n) is 1.94. The van der Waals surface area contributed by atoms with Crippen LogP contribution in [0.3, 0.4) is 0 Å². The van der Waals surface area contributed by atoms with E-state index < -0.39 is 0 Å². The number of hydrogen-bond acceptors (Lipinski definition) is 3. The Morgan fingerprint density at radius 3 is 2.81 bits per heavy atom. The van der Waals surface area contributed by atoms with Crippen LogP contribution in [0.4, 0.5) is 5.69 Å². The number of aliphatic hydroxyl groups excluding tert-OH is 1. The maximum absolute atomic E-state index is 12.2. The molecule has 0 aliphatic carbocycles. The highest BCUT2D eigenvalue weighted by molar-refractivity contribution is 6.05. The Morgan fingerprint density at radius 1 is 1.29 bits per heavy atom. The van der Waals surface area contributed by atoms with Gasteiger partial charge >= 0.3 is 0 Å². The van der Waals surface area contributed by atoms with Crippen LogP contribution in [0.5, 0.6) is 0 Å². The molecule has 0 aliphatic heterocycles. The molecule has 0 bridgehead atoms. The highest BCUT2D eigenvalue weighted by Gasteiger charge is 2.10.